The summed E-state index contributed by atoms with van der Waals surface area (Å²) in [5.74, 6) is -0.211. The smallest absolute Gasteiger partial charge is 0.295 e. The molecule has 2 rings (SSSR count). The number of aromatic nitrogens is 4. The van der Waals surface area contributed by atoms with Gasteiger partial charge in [0.05, 0.1) is 12.4 Å². The molecule has 5 nitrogen and oxygen atoms in total. The minimum absolute atomic E-state index is 0.211. The zero-order chi connectivity index (χ0) is 8.39. The van der Waals surface area contributed by atoms with Crippen molar-refractivity contribution < 1.29 is 4.79 Å². The molecule has 60 valence electrons. The Morgan fingerprint density at radius 2 is 2.50 bits per heavy atom. The van der Waals surface area contributed by atoms with Gasteiger partial charge < -0.3 is 4.98 Å². The first-order valence-electron chi connectivity index (χ1n) is 3.42. The summed E-state index contributed by atoms with van der Waals surface area (Å²) in [6, 6.07) is 3.44. The molecule has 12 heavy (non-hydrogen) atoms. The van der Waals surface area contributed by atoms with Crippen LogP contribution in [-0.2, 0) is 0 Å². The standard InChI is InChI=1S/C7H6N4O/c12-7(6-2-1-3-8-6)11-5-4-9-10-11/h1-5,8H. The molecule has 0 saturated carbocycles. The van der Waals surface area contributed by atoms with Gasteiger partial charge in [0.1, 0.15) is 5.69 Å². The van der Waals surface area contributed by atoms with Crippen LogP contribution in [0.5, 0.6) is 0 Å². The molecule has 0 amide bonds. The number of hydrogen-bond donors (Lipinski definition) is 1. The maximum atomic E-state index is 11.4. The van der Waals surface area contributed by atoms with Crippen molar-refractivity contribution in [2.24, 2.45) is 0 Å². The van der Waals surface area contributed by atoms with Crippen molar-refractivity contribution in [3.05, 3.63) is 36.4 Å². The van der Waals surface area contributed by atoms with Gasteiger partial charge in [-0.1, -0.05) is 5.21 Å². The Bertz CT molecular complexity index is 326. The van der Waals surface area contributed by atoms with Gasteiger partial charge in [0.15, 0.2) is 0 Å². The van der Waals surface area contributed by atoms with Crippen molar-refractivity contribution >= 4 is 5.91 Å². The predicted molar refractivity (Wildman–Crippen MR) is 40.5 cm³/mol. The monoisotopic (exact) mass is 162 g/mol. The summed E-state index contributed by atoms with van der Waals surface area (Å²) in [5.41, 5.74) is 0.500. The van der Waals surface area contributed by atoms with Gasteiger partial charge in [-0.05, 0) is 12.1 Å². The predicted octanol–water partition coefficient (Wildman–Crippen LogP) is 0.295. The summed E-state index contributed by atoms with van der Waals surface area (Å²) in [5, 5.41) is 7.10. The average molecular weight is 162 g/mol. The van der Waals surface area contributed by atoms with E-state index in [1.807, 2.05) is 0 Å². The molecular formula is C7H6N4O. The fraction of sp³-hybridized carbons (Fsp3) is 0. The molecule has 2 heterocycles. The molecule has 0 aliphatic rings. The molecule has 0 bridgehead atoms. The SMILES string of the molecule is O=C(c1ccc[nH]1)n1ccnn1. The highest BCUT2D eigenvalue weighted by molar-refractivity contribution is 5.93. The van der Waals surface area contributed by atoms with E-state index in [0.717, 1.165) is 0 Å². The molecule has 0 aliphatic heterocycles. The number of nitrogens with zero attached hydrogens (tertiary/aromatic N) is 3. The number of rotatable bonds is 1. The number of carbonyl (C=O) groups excluding carboxylic acids is 1. The normalized spacial score (nSPS) is 10.0. The van der Waals surface area contributed by atoms with Crippen LogP contribution in [0.15, 0.2) is 30.7 Å². The highest BCUT2D eigenvalue weighted by Gasteiger charge is 2.07. The van der Waals surface area contributed by atoms with E-state index in [1.54, 1.807) is 18.3 Å². The largest absolute Gasteiger partial charge is 0.357 e. The molecule has 0 unspecified atom stereocenters. The molecule has 0 spiro atoms. The van der Waals surface area contributed by atoms with Crippen molar-refractivity contribution in [1.29, 1.82) is 0 Å². The fourth-order valence-electron chi connectivity index (χ4n) is 0.903. The summed E-state index contributed by atoms with van der Waals surface area (Å²) in [6.07, 6.45) is 4.65. The Morgan fingerprint density at radius 1 is 1.58 bits per heavy atom. The molecule has 0 saturated heterocycles. The second-order valence-electron chi connectivity index (χ2n) is 2.24. The van der Waals surface area contributed by atoms with E-state index in [9.17, 15) is 4.79 Å². The molecule has 0 fully saturated rings. The summed E-state index contributed by atoms with van der Waals surface area (Å²) in [7, 11) is 0. The van der Waals surface area contributed by atoms with E-state index in [2.05, 4.69) is 15.3 Å². The van der Waals surface area contributed by atoms with Crippen molar-refractivity contribution in [3.8, 4) is 0 Å². The lowest BCUT2D eigenvalue weighted by molar-refractivity contribution is 0.0938. The molecule has 0 radical (unpaired) electrons. The molecular weight excluding hydrogens is 156 g/mol. The lowest BCUT2D eigenvalue weighted by atomic mass is 10.4. The maximum Gasteiger partial charge on any atom is 0.295 e. The minimum atomic E-state index is -0.211. The van der Waals surface area contributed by atoms with E-state index < -0.39 is 0 Å². The van der Waals surface area contributed by atoms with E-state index in [4.69, 9.17) is 0 Å². The van der Waals surface area contributed by atoms with Gasteiger partial charge in [-0.2, -0.15) is 4.68 Å². The first-order valence-corrected chi connectivity index (χ1v) is 3.42. The van der Waals surface area contributed by atoms with Crippen LogP contribution in [0.1, 0.15) is 10.5 Å². The Labute approximate surface area is 68.0 Å². The Hall–Kier alpha value is -1.91. The van der Waals surface area contributed by atoms with Crippen molar-refractivity contribution in [2.75, 3.05) is 0 Å². The summed E-state index contributed by atoms with van der Waals surface area (Å²) in [6.45, 7) is 0. The van der Waals surface area contributed by atoms with Gasteiger partial charge in [0, 0.05) is 6.20 Å². The molecule has 5 heteroatoms. The maximum absolute atomic E-state index is 11.4. The van der Waals surface area contributed by atoms with Crippen molar-refractivity contribution in [3.63, 3.8) is 0 Å². The van der Waals surface area contributed by atoms with E-state index in [-0.39, 0.29) is 5.91 Å². The highest BCUT2D eigenvalue weighted by Crippen LogP contribution is 1.96. The second kappa shape index (κ2) is 2.61. The van der Waals surface area contributed by atoms with Gasteiger partial charge >= 0.3 is 0 Å². The molecule has 2 aromatic rings. The van der Waals surface area contributed by atoms with E-state index >= 15 is 0 Å². The Kier molecular flexibility index (Phi) is 1.48. The lowest BCUT2D eigenvalue weighted by Gasteiger charge is -1.93. The molecule has 0 aliphatic carbocycles. The Balaban J connectivity index is 2.34. The van der Waals surface area contributed by atoms with Crippen LogP contribution in [0.25, 0.3) is 0 Å². The average Bonchev–Trinajstić information content (AvgIpc) is 2.77. The summed E-state index contributed by atoms with van der Waals surface area (Å²) < 4.78 is 1.17. The van der Waals surface area contributed by atoms with Crippen molar-refractivity contribution in [2.45, 2.75) is 0 Å². The number of H-pyrrole nitrogens is 1. The van der Waals surface area contributed by atoms with Crippen LogP contribution < -0.4 is 0 Å². The first-order chi connectivity index (χ1) is 5.88. The van der Waals surface area contributed by atoms with Gasteiger partial charge in [-0.3, -0.25) is 4.79 Å². The van der Waals surface area contributed by atoms with Gasteiger partial charge in [-0.15, -0.1) is 5.10 Å². The van der Waals surface area contributed by atoms with E-state index in [1.165, 1.54) is 17.1 Å². The van der Waals surface area contributed by atoms with Crippen LogP contribution >= 0.6 is 0 Å². The molecule has 2 aromatic heterocycles. The molecule has 0 atom stereocenters. The zero-order valence-corrected chi connectivity index (χ0v) is 6.14. The van der Waals surface area contributed by atoms with Gasteiger partial charge in [0.2, 0.25) is 0 Å². The topological polar surface area (TPSA) is 63.6 Å². The Morgan fingerprint density at radius 3 is 3.08 bits per heavy atom. The lowest BCUT2D eigenvalue weighted by Crippen LogP contribution is -2.12. The minimum Gasteiger partial charge on any atom is -0.357 e. The van der Waals surface area contributed by atoms with Crippen LogP contribution in [0.3, 0.4) is 0 Å². The summed E-state index contributed by atoms with van der Waals surface area (Å²) >= 11 is 0. The number of nitrogens with one attached hydrogen (secondary N) is 1. The van der Waals surface area contributed by atoms with Crippen LogP contribution in [-0.4, -0.2) is 25.9 Å². The molecule has 0 aromatic carbocycles. The van der Waals surface area contributed by atoms with Crippen LogP contribution in [0, 0.1) is 0 Å². The van der Waals surface area contributed by atoms with Crippen LogP contribution in [0.4, 0.5) is 0 Å². The number of carbonyl (C=O) groups is 1. The second-order valence-corrected chi connectivity index (χ2v) is 2.24. The fourth-order valence-corrected chi connectivity index (χ4v) is 0.903. The van der Waals surface area contributed by atoms with Gasteiger partial charge in [0.25, 0.3) is 5.91 Å². The zero-order valence-electron chi connectivity index (χ0n) is 6.14. The third-order valence-electron chi connectivity index (χ3n) is 1.46. The van der Waals surface area contributed by atoms with Crippen LogP contribution in [0.2, 0.25) is 0 Å². The first kappa shape index (κ1) is 6.78. The summed E-state index contributed by atoms with van der Waals surface area (Å²) in [4.78, 5) is 14.2. The number of hydrogen-bond acceptors (Lipinski definition) is 3. The third-order valence-corrected chi connectivity index (χ3v) is 1.46. The number of aromatic amines is 1. The quantitative estimate of drug-likeness (QED) is 0.655. The van der Waals surface area contributed by atoms with E-state index in [0.29, 0.717) is 5.69 Å². The molecule has 1 N–H and O–H groups in total. The van der Waals surface area contributed by atoms with Crippen molar-refractivity contribution in [1.82, 2.24) is 20.0 Å². The highest BCUT2D eigenvalue weighted by atomic mass is 16.2. The van der Waals surface area contributed by atoms with Gasteiger partial charge in [-0.25, -0.2) is 0 Å². The third kappa shape index (κ3) is 1.01.